The molecule has 2 aromatic rings. The molecule has 0 aliphatic carbocycles. The van der Waals surface area contributed by atoms with Gasteiger partial charge >= 0.3 is 0 Å². The molecule has 116 valence electrons. The molecule has 0 bridgehead atoms. The minimum absolute atomic E-state index is 0.0277. The highest BCUT2D eigenvalue weighted by Gasteiger charge is 2.06. The van der Waals surface area contributed by atoms with Gasteiger partial charge in [-0.05, 0) is 42.3 Å². The first-order valence-corrected chi connectivity index (χ1v) is 7.84. The van der Waals surface area contributed by atoms with E-state index in [0.717, 1.165) is 22.8 Å². The predicted octanol–water partition coefficient (Wildman–Crippen LogP) is 4.54. The van der Waals surface area contributed by atoms with Crippen molar-refractivity contribution < 1.29 is 4.79 Å². The molecule has 0 fully saturated rings. The number of hydrogen-bond acceptors (Lipinski definition) is 2. The molecule has 0 aliphatic rings. The zero-order valence-corrected chi connectivity index (χ0v) is 13.7. The molecule has 0 spiro atoms. The summed E-state index contributed by atoms with van der Waals surface area (Å²) in [6.07, 6.45) is 0.485. The summed E-state index contributed by atoms with van der Waals surface area (Å²) in [5.41, 5.74) is 3.17. The molecule has 0 saturated carbocycles. The molecule has 4 heteroatoms. The molecule has 0 unspecified atom stereocenters. The van der Waals surface area contributed by atoms with E-state index in [1.807, 2.05) is 49.4 Å². The van der Waals surface area contributed by atoms with Gasteiger partial charge in [-0.25, -0.2) is 0 Å². The highest BCUT2D eigenvalue weighted by atomic mass is 35.5. The summed E-state index contributed by atoms with van der Waals surface area (Å²) in [6, 6.07) is 16.0. The largest absolute Gasteiger partial charge is 0.326 e. The van der Waals surface area contributed by atoms with Gasteiger partial charge in [0, 0.05) is 29.7 Å². The number of halogens is 1. The van der Waals surface area contributed by atoms with Crippen molar-refractivity contribution in [2.24, 2.45) is 0 Å². The van der Waals surface area contributed by atoms with Crippen LogP contribution in [0.4, 0.5) is 5.69 Å². The summed E-state index contributed by atoms with van der Waals surface area (Å²) in [5.74, 6) is 0.0277. The lowest BCUT2D eigenvalue weighted by molar-refractivity contribution is -0.115. The standard InChI is InChI=1S/C18H21ClN2O/c1-3-18(22)21-17-9-7-15(8-10-17)13(2)20-12-14-5-4-6-16(19)11-14/h4-11,13,20H,3,12H2,1-2H3,(H,21,22)/t13-/m0/s1. The van der Waals surface area contributed by atoms with Crippen LogP contribution in [0.1, 0.15) is 37.4 Å². The molecule has 3 nitrogen and oxygen atoms in total. The van der Waals surface area contributed by atoms with Crippen LogP contribution in [0.2, 0.25) is 5.02 Å². The number of benzene rings is 2. The number of nitrogens with one attached hydrogen (secondary N) is 2. The summed E-state index contributed by atoms with van der Waals surface area (Å²) in [7, 11) is 0. The van der Waals surface area contributed by atoms with Gasteiger partial charge in [0.15, 0.2) is 0 Å². The van der Waals surface area contributed by atoms with Crippen LogP contribution in [0.3, 0.4) is 0 Å². The fraction of sp³-hybridized carbons (Fsp3) is 0.278. The van der Waals surface area contributed by atoms with Gasteiger partial charge in [-0.2, -0.15) is 0 Å². The zero-order chi connectivity index (χ0) is 15.9. The SMILES string of the molecule is CCC(=O)Nc1ccc([C@H](C)NCc2cccc(Cl)c2)cc1. The molecule has 0 radical (unpaired) electrons. The van der Waals surface area contributed by atoms with E-state index in [0.29, 0.717) is 6.42 Å². The van der Waals surface area contributed by atoms with E-state index in [-0.39, 0.29) is 11.9 Å². The van der Waals surface area contributed by atoms with Crippen LogP contribution in [0.15, 0.2) is 48.5 Å². The quantitative estimate of drug-likeness (QED) is 0.821. The number of anilines is 1. The lowest BCUT2D eigenvalue weighted by Crippen LogP contribution is -2.18. The van der Waals surface area contributed by atoms with Gasteiger partial charge in [0.2, 0.25) is 5.91 Å². The fourth-order valence-electron chi connectivity index (χ4n) is 2.14. The van der Waals surface area contributed by atoms with Crippen molar-refractivity contribution in [2.45, 2.75) is 32.9 Å². The van der Waals surface area contributed by atoms with Crippen LogP contribution < -0.4 is 10.6 Å². The summed E-state index contributed by atoms with van der Waals surface area (Å²) < 4.78 is 0. The van der Waals surface area contributed by atoms with E-state index in [1.54, 1.807) is 0 Å². The second kappa shape index (κ2) is 7.97. The molecule has 2 N–H and O–H groups in total. The lowest BCUT2D eigenvalue weighted by atomic mass is 10.1. The highest BCUT2D eigenvalue weighted by Crippen LogP contribution is 2.17. The fourth-order valence-corrected chi connectivity index (χ4v) is 2.35. The Morgan fingerprint density at radius 1 is 1.18 bits per heavy atom. The van der Waals surface area contributed by atoms with Crippen LogP contribution in [-0.2, 0) is 11.3 Å². The van der Waals surface area contributed by atoms with Gasteiger partial charge in [-0.3, -0.25) is 4.79 Å². The third kappa shape index (κ3) is 4.86. The topological polar surface area (TPSA) is 41.1 Å². The first-order chi connectivity index (χ1) is 10.6. The molecule has 22 heavy (non-hydrogen) atoms. The Bertz CT molecular complexity index is 625. The second-order valence-electron chi connectivity index (χ2n) is 5.26. The van der Waals surface area contributed by atoms with E-state index in [2.05, 4.69) is 23.6 Å². The maximum absolute atomic E-state index is 11.4. The Hall–Kier alpha value is -1.84. The molecule has 2 rings (SSSR count). The Labute approximate surface area is 136 Å². The summed E-state index contributed by atoms with van der Waals surface area (Å²) >= 11 is 5.99. The minimum atomic E-state index is 0.0277. The summed E-state index contributed by atoms with van der Waals surface area (Å²) in [4.78, 5) is 11.4. The van der Waals surface area contributed by atoms with Crippen molar-refractivity contribution in [2.75, 3.05) is 5.32 Å². The average Bonchev–Trinajstić information content (AvgIpc) is 2.53. The van der Waals surface area contributed by atoms with Gasteiger partial charge < -0.3 is 10.6 Å². The molecule has 0 saturated heterocycles. The number of carbonyl (C=O) groups excluding carboxylic acids is 1. The van der Waals surface area contributed by atoms with E-state index in [1.165, 1.54) is 5.56 Å². The number of rotatable bonds is 6. The number of carbonyl (C=O) groups is 1. The van der Waals surface area contributed by atoms with Gasteiger partial charge in [-0.1, -0.05) is 42.8 Å². The van der Waals surface area contributed by atoms with E-state index < -0.39 is 0 Å². The zero-order valence-electron chi connectivity index (χ0n) is 12.9. The van der Waals surface area contributed by atoms with Crippen molar-refractivity contribution in [3.8, 4) is 0 Å². The third-order valence-corrected chi connectivity index (χ3v) is 3.75. The van der Waals surface area contributed by atoms with Gasteiger partial charge in [-0.15, -0.1) is 0 Å². The Morgan fingerprint density at radius 2 is 1.91 bits per heavy atom. The van der Waals surface area contributed by atoms with Gasteiger partial charge in [0.1, 0.15) is 0 Å². The highest BCUT2D eigenvalue weighted by molar-refractivity contribution is 6.30. The predicted molar refractivity (Wildman–Crippen MR) is 92.1 cm³/mol. The van der Waals surface area contributed by atoms with Crippen molar-refractivity contribution in [1.29, 1.82) is 0 Å². The first-order valence-electron chi connectivity index (χ1n) is 7.46. The monoisotopic (exact) mass is 316 g/mol. The van der Waals surface area contributed by atoms with E-state index in [9.17, 15) is 4.79 Å². The van der Waals surface area contributed by atoms with Crippen LogP contribution in [-0.4, -0.2) is 5.91 Å². The van der Waals surface area contributed by atoms with Crippen LogP contribution in [0, 0.1) is 0 Å². The Kier molecular flexibility index (Phi) is 5.99. The third-order valence-electron chi connectivity index (χ3n) is 3.52. The van der Waals surface area contributed by atoms with Crippen molar-refractivity contribution in [1.82, 2.24) is 5.32 Å². The molecule has 2 aromatic carbocycles. The van der Waals surface area contributed by atoms with Gasteiger partial charge in [0.25, 0.3) is 0 Å². The van der Waals surface area contributed by atoms with Crippen LogP contribution in [0.5, 0.6) is 0 Å². The van der Waals surface area contributed by atoms with Crippen molar-refractivity contribution >= 4 is 23.2 Å². The van der Waals surface area contributed by atoms with E-state index in [4.69, 9.17) is 11.6 Å². The maximum atomic E-state index is 11.4. The van der Waals surface area contributed by atoms with Gasteiger partial charge in [0.05, 0.1) is 0 Å². The molecule has 1 atom stereocenters. The number of amides is 1. The molecular formula is C18H21ClN2O. The minimum Gasteiger partial charge on any atom is -0.326 e. The summed E-state index contributed by atoms with van der Waals surface area (Å²) in [6.45, 7) is 4.71. The second-order valence-corrected chi connectivity index (χ2v) is 5.69. The Balaban J connectivity index is 1.92. The van der Waals surface area contributed by atoms with Crippen molar-refractivity contribution in [3.63, 3.8) is 0 Å². The molecule has 0 aromatic heterocycles. The average molecular weight is 317 g/mol. The molecular weight excluding hydrogens is 296 g/mol. The lowest BCUT2D eigenvalue weighted by Gasteiger charge is -2.15. The van der Waals surface area contributed by atoms with E-state index >= 15 is 0 Å². The molecule has 0 aliphatic heterocycles. The van der Waals surface area contributed by atoms with Crippen LogP contribution >= 0.6 is 11.6 Å². The Morgan fingerprint density at radius 3 is 2.55 bits per heavy atom. The maximum Gasteiger partial charge on any atom is 0.224 e. The smallest absolute Gasteiger partial charge is 0.224 e. The molecule has 0 heterocycles. The first kappa shape index (κ1) is 16.5. The summed E-state index contributed by atoms with van der Waals surface area (Å²) in [5, 5.41) is 7.07. The van der Waals surface area contributed by atoms with Crippen LogP contribution in [0.25, 0.3) is 0 Å². The normalized spacial score (nSPS) is 12.0. The van der Waals surface area contributed by atoms with Crippen molar-refractivity contribution in [3.05, 3.63) is 64.7 Å². The molecule has 1 amide bonds. The number of hydrogen-bond donors (Lipinski definition) is 2.